The predicted octanol–water partition coefficient (Wildman–Crippen LogP) is 5.30. The number of carbonyl (C=O) groups is 1. The molecular weight excluding hydrogens is 464 g/mol. The highest BCUT2D eigenvalue weighted by molar-refractivity contribution is 9.10. The van der Waals surface area contributed by atoms with E-state index in [0.29, 0.717) is 18.3 Å². The molecule has 8 heteroatoms. The third-order valence-corrected chi connectivity index (χ3v) is 6.62. The van der Waals surface area contributed by atoms with Crippen LogP contribution in [0.2, 0.25) is 0 Å². The molecule has 1 N–H and O–H groups in total. The Morgan fingerprint density at radius 2 is 1.97 bits per heavy atom. The van der Waals surface area contributed by atoms with Crippen LogP contribution in [-0.2, 0) is 17.9 Å². The normalized spacial score (nSPS) is 10.8. The van der Waals surface area contributed by atoms with Crippen molar-refractivity contribution in [2.24, 2.45) is 0 Å². The number of aromatic nitrogens is 3. The number of thioether (sulfide) groups is 1. The Morgan fingerprint density at radius 1 is 1.17 bits per heavy atom. The van der Waals surface area contributed by atoms with Crippen molar-refractivity contribution < 1.29 is 9.53 Å². The second kappa shape index (κ2) is 10.1. The van der Waals surface area contributed by atoms with Crippen LogP contribution >= 0.6 is 27.7 Å². The molecule has 0 spiro atoms. The summed E-state index contributed by atoms with van der Waals surface area (Å²) >= 11 is 4.88. The standard InChI is InChI=1S/C22H25BrN4O2S/c1-5-27-20(12-29-17-8-6-7-14(2)11-17)25-26-22(27)30-13-21(28)24-19-10-9-18(23)15(3)16(19)4/h6-11H,5,12-13H2,1-4H3,(H,24,28). The maximum Gasteiger partial charge on any atom is 0.234 e. The van der Waals surface area contributed by atoms with Gasteiger partial charge in [-0.3, -0.25) is 4.79 Å². The highest BCUT2D eigenvalue weighted by atomic mass is 79.9. The third-order valence-electron chi connectivity index (χ3n) is 4.79. The fraction of sp³-hybridized carbons (Fsp3) is 0.318. The van der Waals surface area contributed by atoms with E-state index < -0.39 is 0 Å². The number of aryl methyl sites for hydroxylation is 1. The zero-order valence-corrected chi connectivity index (χ0v) is 19.9. The average Bonchev–Trinajstić information content (AvgIpc) is 3.13. The lowest BCUT2D eigenvalue weighted by atomic mass is 10.1. The molecule has 0 saturated heterocycles. The van der Waals surface area contributed by atoms with Crippen LogP contribution in [0.3, 0.4) is 0 Å². The lowest BCUT2D eigenvalue weighted by Gasteiger charge is -2.12. The quantitative estimate of drug-likeness (QED) is 0.435. The molecule has 0 bridgehead atoms. The van der Waals surface area contributed by atoms with Crippen LogP contribution < -0.4 is 10.1 Å². The molecule has 0 atom stereocenters. The van der Waals surface area contributed by atoms with E-state index in [2.05, 4.69) is 31.4 Å². The molecule has 1 heterocycles. The van der Waals surface area contributed by atoms with Crippen LogP contribution in [0.1, 0.15) is 29.4 Å². The minimum absolute atomic E-state index is 0.0759. The van der Waals surface area contributed by atoms with Crippen molar-refractivity contribution in [3.05, 3.63) is 63.4 Å². The molecular formula is C22H25BrN4O2S. The molecule has 0 radical (unpaired) electrons. The third kappa shape index (κ3) is 5.43. The summed E-state index contributed by atoms with van der Waals surface area (Å²) in [5.41, 5.74) is 4.13. The van der Waals surface area contributed by atoms with Gasteiger partial charge < -0.3 is 14.6 Å². The number of rotatable bonds is 8. The summed E-state index contributed by atoms with van der Waals surface area (Å²) in [6.45, 7) is 9.10. The van der Waals surface area contributed by atoms with Gasteiger partial charge in [0, 0.05) is 16.7 Å². The van der Waals surface area contributed by atoms with Gasteiger partial charge in [-0.25, -0.2) is 0 Å². The molecule has 158 valence electrons. The van der Waals surface area contributed by atoms with Crippen LogP contribution in [0, 0.1) is 20.8 Å². The minimum atomic E-state index is -0.0759. The molecule has 3 rings (SSSR count). The first kappa shape index (κ1) is 22.4. The van der Waals surface area contributed by atoms with Gasteiger partial charge in [0.2, 0.25) is 5.91 Å². The maximum atomic E-state index is 12.5. The lowest BCUT2D eigenvalue weighted by Crippen LogP contribution is -2.16. The number of benzene rings is 2. The number of nitrogens with one attached hydrogen (secondary N) is 1. The van der Waals surface area contributed by atoms with Crippen molar-refractivity contribution in [1.82, 2.24) is 14.8 Å². The molecule has 0 aliphatic rings. The molecule has 0 fully saturated rings. The number of ether oxygens (including phenoxy) is 1. The van der Waals surface area contributed by atoms with Gasteiger partial charge >= 0.3 is 0 Å². The van der Waals surface area contributed by atoms with Crippen molar-refractivity contribution in [2.45, 2.75) is 46.0 Å². The smallest absolute Gasteiger partial charge is 0.234 e. The Balaban J connectivity index is 1.60. The monoisotopic (exact) mass is 488 g/mol. The van der Waals surface area contributed by atoms with Crippen LogP contribution in [0.15, 0.2) is 46.0 Å². The number of carbonyl (C=O) groups excluding carboxylic acids is 1. The van der Waals surface area contributed by atoms with E-state index in [1.165, 1.54) is 11.8 Å². The largest absolute Gasteiger partial charge is 0.486 e. The van der Waals surface area contributed by atoms with E-state index in [1.807, 2.05) is 68.7 Å². The molecule has 0 aliphatic carbocycles. The molecule has 0 saturated carbocycles. The summed E-state index contributed by atoms with van der Waals surface area (Å²) < 4.78 is 8.86. The van der Waals surface area contributed by atoms with Crippen LogP contribution in [0.25, 0.3) is 0 Å². The highest BCUT2D eigenvalue weighted by Crippen LogP contribution is 2.26. The number of hydrogen-bond acceptors (Lipinski definition) is 5. The molecule has 1 aromatic heterocycles. The zero-order chi connectivity index (χ0) is 21.7. The van der Waals surface area contributed by atoms with Crippen molar-refractivity contribution in [3.63, 3.8) is 0 Å². The first-order chi connectivity index (χ1) is 14.4. The SMILES string of the molecule is CCn1c(COc2cccc(C)c2)nnc1SCC(=O)Nc1ccc(Br)c(C)c1C. The van der Waals surface area contributed by atoms with Crippen molar-refractivity contribution in [1.29, 1.82) is 0 Å². The van der Waals surface area contributed by atoms with E-state index in [0.717, 1.165) is 38.4 Å². The molecule has 30 heavy (non-hydrogen) atoms. The van der Waals surface area contributed by atoms with Crippen molar-refractivity contribution in [2.75, 3.05) is 11.1 Å². The number of hydrogen-bond donors (Lipinski definition) is 1. The van der Waals surface area contributed by atoms with Gasteiger partial charge in [0.25, 0.3) is 0 Å². The average molecular weight is 489 g/mol. The summed E-state index contributed by atoms with van der Waals surface area (Å²) in [6, 6.07) is 11.7. The van der Waals surface area contributed by atoms with Gasteiger partial charge in [0.1, 0.15) is 12.4 Å². The summed E-state index contributed by atoms with van der Waals surface area (Å²) in [7, 11) is 0. The van der Waals surface area contributed by atoms with Gasteiger partial charge in [-0.1, -0.05) is 39.8 Å². The molecule has 1 amide bonds. The van der Waals surface area contributed by atoms with Crippen LogP contribution in [-0.4, -0.2) is 26.4 Å². The Kier molecular flexibility index (Phi) is 7.55. The van der Waals surface area contributed by atoms with Gasteiger partial charge in [-0.15, -0.1) is 10.2 Å². The Hall–Kier alpha value is -2.32. The number of amides is 1. The highest BCUT2D eigenvalue weighted by Gasteiger charge is 2.15. The predicted molar refractivity (Wildman–Crippen MR) is 124 cm³/mol. The fourth-order valence-corrected chi connectivity index (χ4v) is 4.19. The molecule has 3 aromatic rings. The second-order valence-electron chi connectivity index (χ2n) is 6.93. The van der Waals surface area contributed by atoms with Gasteiger partial charge in [0.05, 0.1) is 5.75 Å². The summed E-state index contributed by atoms with van der Waals surface area (Å²) in [4.78, 5) is 12.5. The number of halogens is 1. The summed E-state index contributed by atoms with van der Waals surface area (Å²) in [6.07, 6.45) is 0. The van der Waals surface area contributed by atoms with E-state index in [-0.39, 0.29) is 11.7 Å². The van der Waals surface area contributed by atoms with E-state index in [4.69, 9.17) is 4.74 Å². The minimum Gasteiger partial charge on any atom is -0.486 e. The topological polar surface area (TPSA) is 69.0 Å². The van der Waals surface area contributed by atoms with Gasteiger partial charge in [0.15, 0.2) is 11.0 Å². The number of nitrogens with zero attached hydrogens (tertiary/aromatic N) is 3. The van der Waals surface area contributed by atoms with Crippen LogP contribution in [0.5, 0.6) is 5.75 Å². The van der Waals surface area contributed by atoms with Crippen LogP contribution in [0.4, 0.5) is 5.69 Å². The molecule has 2 aromatic carbocycles. The van der Waals surface area contributed by atoms with Crippen molar-refractivity contribution >= 4 is 39.3 Å². The fourth-order valence-electron chi connectivity index (χ4n) is 2.94. The first-order valence-electron chi connectivity index (χ1n) is 9.69. The Bertz CT molecular complexity index is 1050. The maximum absolute atomic E-state index is 12.5. The van der Waals surface area contributed by atoms with Gasteiger partial charge in [-0.05, 0) is 68.7 Å². The van der Waals surface area contributed by atoms with E-state index in [1.54, 1.807) is 0 Å². The summed E-state index contributed by atoms with van der Waals surface area (Å²) in [5.74, 6) is 1.72. The Morgan fingerprint density at radius 3 is 2.70 bits per heavy atom. The van der Waals surface area contributed by atoms with E-state index >= 15 is 0 Å². The Labute approximate surface area is 189 Å². The summed E-state index contributed by atoms with van der Waals surface area (Å²) in [5, 5.41) is 12.2. The second-order valence-corrected chi connectivity index (χ2v) is 8.73. The van der Waals surface area contributed by atoms with E-state index in [9.17, 15) is 4.79 Å². The molecule has 6 nitrogen and oxygen atoms in total. The zero-order valence-electron chi connectivity index (χ0n) is 17.5. The van der Waals surface area contributed by atoms with Crippen molar-refractivity contribution in [3.8, 4) is 5.75 Å². The molecule has 0 unspecified atom stereocenters. The number of anilines is 1. The lowest BCUT2D eigenvalue weighted by molar-refractivity contribution is -0.113. The first-order valence-corrected chi connectivity index (χ1v) is 11.5. The van der Waals surface area contributed by atoms with Gasteiger partial charge in [-0.2, -0.15) is 0 Å². The molecule has 0 aliphatic heterocycles.